The maximum absolute atomic E-state index is 13.1. The molecule has 0 N–H and O–H groups in total. The van der Waals surface area contributed by atoms with Gasteiger partial charge in [0.15, 0.2) is 0 Å². The Morgan fingerprint density at radius 1 is 1.03 bits per heavy atom. The molecule has 0 spiro atoms. The van der Waals surface area contributed by atoms with Gasteiger partial charge in [0.25, 0.3) is 0 Å². The molecular weight excluding hydrogens is 402 g/mol. The van der Waals surface area contributed by atoms with E-state index in [1.165, 1.54) is 0 Å². The summed E-state index contributed by atoms with van der Waals surface area (Å²) in [5.74, 6) is 1.18. The second-order valence-electron chi connectivity index (χ2n) is 8.10. The van der Waals surface area contributed by atoms with Crippen LogP contribution in [0.15, 0.2) is 60.9 Å². The first-order valence-corrected chi connectivity index (χ1v) is 11.1. The molecule has 0 aliphatic carbocycles. The topological polar surface area (TPSA) is 64.7 Å². The van der Waals surface area contributed by atoms with E-state index in [0.29, 0.717) is 32.5 Å². The van der Waals surface area contributed by atoms with Crippen molar-refractivity contribution in [3.63, 3.8) is 0 Å². The van der Waals surface area contributed by atoms with Gasteiger partial charge in [-0.2, -0.15) is 0 Å². The Bertz CT molecular complexity index is 1190. The first-order chi connectivity index (χ1) is 15.7. The Morgan fingerprint density at radius 3 is 2.69 bits per heavy atom. The highest BCUT2D eigenvalue weighted by atomic mass is 16.5. The molecule has 0 atom stereocenters. The lowest BCUT2D eigenvalue weighted by Crippen LogP contribution is -2.38. The van der Waals surface area contributed by atoms with Crippen LogP contribution in [0.4, 0.5) is 0 Å². The van der Waals surface area contributed by atoms with Crippen LogP contribution in [-0.2, 0) is 35.5 Å². The molecule has 1 aliphatic rings. The van der Waals surface area contributed by atoms with Gasteiger partial charge < -0.3 is 18.6 Å². The maximum atomic E-state index is 13.1. The van der Waals surface area contributed by atoms with Crippen LogP contribution in [0.2, 0.25) is 0 Å². The Kier molecular flexibility index (Phi) is 5.73. The molecule has 7 nitrogen and oxygen atoms in total. The van der Waals surface area contributed by atoms with Gasteiger partial charge in [0, 0.05) is 51.0 Å². The third kappa shape index (κ3) is 4.03. The van der Waals surface area contributed by atoms with E-state index in [1.54, 1.807) is 7.11 Å². The van der Waals surface area contributed by atoms with Gasteiger partial charge in [0.1, 0.15) is 11.5 Å². The minimum atomic E-state index is 0.159. The number of hydrogen-bond acceptors (Lipinski definition) is 4. The van der Waals surface area contributed by atoms with Gasteiger partial charge in [-0.1, -0.05) is 36.4 Å². The van der Waals surface area contributed by atoms with E-state index >= 15 is 0 Å². The van der Waals surface area contributed by atoms with E-state index in [2.05, 4.69) is 21.7 Å². The molecule has 4 aromatic rings. The van der Waals surface area contributed by atoms with Gasteiger partial charge in [-0.25, -0.2) is 9.97 Å². The number of rotatable bonds is 7. The Hall–Kier alpha value is -3.45. The second kappa shape index (κ2) is 8.96. The number of ether oxygens (including phenoxy) is 1. The summed E-state index contributed by atoms with van der Waals surface area (Å²) in [5, 5.41) is 0. The molecule has 5 rings (SSSR count). The first kappa shape index (κ1) is 20.5. The summed E-state index contributed by atoms with van der Waals surface area (Å²) in [4.78, 5) is 24.6. The van der Waals surface area contributed by atoms with Crippen LogP contribution in [0.1, 0.15) is 23.6 Å². The molecule has 164 valence electrons. The molecular formula is C25H27N5O2. The zero-order valence-electron chi connectivity index (χ0n) is 18.3. The van der Waals surface area contributed by atoms with E-state index < -0.39 is 0 Å². The average Bonchev–Trinajstić information content (AvgIpc) is 3.42. The number of imidazole rings is 2. The molecule has 1 aromatic carbocycles. The van der Waals surface area contributed by atoms with E-state index in [9.17, 15) is 4.79 Å². The predicted molar refractivity (Wildman–Crippen MR) is 122 cm³/mol. The lowest BCUT2D eigenvalue weighted by molar-refractivity contribution is -0.132. The zero-order valence-corrected chi connectivity index (χ0v) is 18.3. The number of amides is 1. The standard InChI is InChI=1S/C25H27N5O2/c1-32-16-12-23-27-25(19-7-3-2-4-8-19)21-18-29(14-15-30(21)23)24(31)11-10-20-17-28-13-6-5-9-22(28)26-20/h2-9,13,17H,10-12,14-16,18H2,1H3. The third-order valence-corrected chi connectivity index (χ3v) is 6.02. The highest BCUT2D eigenvalue weighted by Crippen LogP contribution is 2.28. The molecule has 7 heteroatoms. The van der Waals surface area contributed by atoms with Gasteiger partial charge in [0.05, 0.1) is 30.2 Å². The van der Waals surface area contributed by atoms with Crippen molar-refractivity contribution in [3.05, 3.63) is 78.1 Å². The van der Waals surface area contributed by atoms with Crippen LogP contribution in [0.3, 0.4) is 0 Å². The fourth-order valence-corrected chi connectivity index (χ4v) is 4.37. The molecule has 0 unspecified atom stereocenters. The van der Waals surface area contributed by atoms with Gasteiger partial charge in [-0.3, -0.25) is 4.79 Å². The van der Waals surface area contributed by atoms with Crippen molar-refractivity contribution >= 4 is 11.6 Å². The number of methoxy groups -OCH3 is 1. The van der Waals surface area contributed by atoms with E-state index in [-0.39, 0.29) is 5.91 Å². The van der Waals surface area contributed by atoms with Crippen molar-refractivity contribution in [3.8, 4) is 11.3 Å². The predicted octanol–water partition coefficient (Wildman–Crippen LogP) is 3.36. The van der Waals surface area contributed by atoms with Crippen molar-refractivity contribution in [2.45, 2.75) is 32.4 Å². The molecule has 32 heavy (non-hydrogen) atoms. The molecule has 4 heterocycles. The molecule has 3 aromatic heterocycles. The van der Waals surface area contributed by atoms with Crippen LogP contribution in [0.25, 0.3) is 16.9 Å². The summed E-state index contributed by atoms with van der Waals surface area (Å²) < 4.78 is 9.55. The SMILES string of the molecule is COCCc1nc(-c2ccccc2)c2n1CCN(C(=O)CCc1cn3ccccc3n1)C2. The quantitative estimate of drug-likeness (QED) is 0.452. The number of aromatic nitrogens is 4. The highest BCUT2D eigenvalue weighted by Gasteiger charge is 2.27. The number of benzene rings is 1. The van der Waals surface area contributed by atoms with Crippen LogP contribution in [0, 0.1) is 0 Å². The summed E-state index contributed by atoms with van der Waals surface area (Å²) in [6.07, 6.45) is 5.84. The molecule has 1 aliphatic heterocycles. The van der Waals surface area contributed by atoms with Gasteiger partial charge in [0.2, 0.25) is 5.91 Å². The minimum absolute atomic E-state index is 0.159. The van der Waals surface area contributed by atoms with Crippen LogP contribution in [-0.4, -0.2) is 50.0 Å². The largest absolute Gasteiger partial charge is 0.384 e. The Morgan fingerprint density at radius 2 is 1.88 bits per heavy atom. The number of hydrogen-bond donors (Lipinski definition) is 0. The highest BCUT2D eigenvalue weighted by molar-refractivity contribution is 5.77. The van der Waals surface area contributed by atoms with Crippen LogP contribution >= 0.6 is 0 Å². The molecule has 0 bridgehead atoms. The summed E-state index contributed by atoms with van der Waals surface area (Å²) in [7, 11) is 1.71. The lowest BCUT2D eigenvalue weighted by atomic mass is 10.1. The Labute approximate surface area is 187 Å². The van der Waals surface area contributed by atoms with Crippen LogP contribution < -0.4 is 0 Å². The fourth-order valence-electron chi connectivity index (χ4n) is 4.37. The number of fused-ring (bicyclic) bond motifs is 2. The maximum Gasteiger partial charge on any atom is 0.223 e. The van der Waals surface area contributed by atoms with Crippen molar-refractivity contribution in [1.82, 2.24) is 23.8 Å². The number of carbonyl (C=O) groups excluding carboxylic acids is 1. The minimum Gasteiger partial charge on any atom is -0.384 e. The fraction of sp³-hybridized carbons (Fsp3) is 0.320. The van der Waals surface area contributed by atoms with Crippen molar-refractivity contribution in [2.75, 3.05) is 20.3 Å². The van der Waals surface area contributed by atoms with E-state index in [1.807, 2.05) is 58.1 Å². The molecule has 0 radical (unpaired) electrons. The van der Waals surface area contributed by atoms with Crippen LogP contribution in [0.5, 0.6) is 0 Å². The van der Waals surface area contributed by atoms with Crippen molar-refractivity contribution < 1.29 is 9.53 Å². The summed E-state index contributed by atoms with van der Waals surface area (Å²) >= 11 is 0. The summed E-state index contributed by atoms with van der Waals surface area (Å²) in [6, 6.07) is 16.1. The number of carbonyl (C=O) groups is 1. The average molecular weight is 430 g/mol. The van der Waals surface area contributed by atoms with E-state index in [0.717, 1.165) is 47.1 Å². The zero-order chi connectivity index (χ0) is 21.9. The number of nitrogens with zero attached hydrogens (tertiary/aromatic N) is 5. The molecule has 0 saturated carbocycles. The normalized spacial score (nSPS) is 13.5. The smallest absolute Gasteiger partial charge is 0.223 e. The first-order valence-electron chi connectivity index (χ1n) is 11.1. The van der Waals surface area contributed by atoms with Gasteiger partial charge in [-0.15, -0.1) is 0 Å². The van der Waals surface area contributed by atoms with E-state index in [4.69, 9.17) is 9.72 Å². The number of pyridine rings is 1. The van der Waals surface area contributed by atoms with Gasteiger partial charge >= 0.3 is 0 Å². The molecule has 0 saturated heterocycles. The van der Waals surface area contributed by atoms with Crippen molar-refractivity contribution in [1.29, 1.82) is 0 Å². The number of aryl methyl sites for hydroxylation is 1. The van der Waals surface area contributed by atoms with Gasteiger partial charge in [-0.05, 0) is 18.6 Å². The van der Waals surface area contributed by atoms with Crippen molar-refractivity contribution in [2.24, 2.45) is 0 Å². The third-order valence-electron chi connectivity index (χ3n) is 6.02. The second-order valence-corrected chi connectivity index (χ2v) is 8.10. The summed E-state index contributed by atoms with van der Waals surface area (Å²) in [6.45, 7) is 2.66. The lowest BCUT2D eigenvalue weighted by Gasteiger charge is -2.29. The monoisotopic (exact) mass is 429 g/mol. The summed E-state index contributed by atoms with van der Waals surface area (Å²) in [5.41, 5.74) is 5.01. The Balaban J connectivity index is 1.33. The molecule has 1 amide bonds. The molecule has 0 fully saturated rings.